The van der Waals surface area contributed by atoms with Gasteiger partial charge in [0.15, 0.2) is 0 Å². The highest BCUT2D eigenvalue weighted by Crippen LogP contribution is 2.23. The molecule has 0 aromatic carbocycles. The second-order valence-corrected chi connectivity index (χ2v) is 4.28. The molecule has 1 rings (SSSR count). The Morgan fingerprint density at radius 1 is 1.39 bits per heavy atom. The molecular formula is C12H19ClN4O. The van der Waals surface area contributed by atoms with E-state index in [1.54, 1.807) is 7.05 Å². The van der Waals surface area contributed by atoms with Crippen LogP contribution in [0.15, 0.2) is 0 Å². The third-order valence-electron chi connectivity index (χ3n) is 2.72. The van der Waals surface area contributed by atoms with Crippen LogP contribution < -0.4 is 10.2 Å². The van der Waals surface area contributed by atoms with Crippen LogP contribution >= 0.6 is 11.6 Å². The highest BCUT2D eigenvalue weighted by atomic mass is 35.5. The SMILES string of the molecule is CCc1nc(Cl)c(C)c(N(CC)CC(=O)NC)n1. The minimum absolute atomic E-state index is 0.0518. The molecule has 0 atom stereocenters. The van der Waals surface area contributed by atoms with Gasteiger partial charge in [-0.25, -0.2) is 9.97 Å². The van der Waals surface area contributed by atoms with E-state index >= 15 is 0 Å². The number of rotatable bonds is 5. The molecule has 1 N–H and O–H groups in total. The molecule has 0 aliphatic rings. The summed E-state index contributed by atoms with van der Waals surface area (Å²) in [5.41, 5.74) is 0.805. The van der Waals surface area contributed by atoms with Gasteiger partial charge in [0.25, 0.3) is 0 Å². The van der Waals surface area contributed by atoms with Gasteiger partial charge in [0, 0.05) is 25.6 Å². The minimum atomic E-state index is -0.0518. The summed E-state index contributed by atoms with van der Waals surface area (Å²) < 4.78 is 0. The number of hydrogen-bond donors (Lipinski definition) is 1. The van der Waals surface area contributed by atoms with Crippen LogP contribution in [0.3, 0.4) is 0 Å². The number of halogens is 1. The van der Waals surface area contributed by atoms with Gasteiger partial charge in [-0.05, 0) is 13.8 Å². The van der Waals surface area contributed by atoms with Gasteiger partial charge in [-0.15, -0.1) is 0 Å². The molecule has 0 fully saturated rings. The summed E-state index contributed by atoms with van der Waals surface area (Å²) in [4.78, 5) is 22.0. The zero-order chi connectivity index (χ0) is 13.7. The standard InChI is InChI=1S/C12H19ClN4O/c1-5-9-15-11(13)8(3)12(16-9)17(6-2)7-10(18)14-4/h5-7H2,1-4H3,(H,14,18). The van der Waals surface area contributed by atoms with Crippen LogP contribution in [0.2, 0.25) is 5.15 Å². The summed E-state index contributed by atoms with van der Waals surface area (Å²) >= 11 is 6.09. The van der Waals surface area contributed by atoms with Crippen molar-refractivity contribution in [3.8, 4) is 0 Å². The Bertz CT molecular complexity index is 436. The summed E-state index contributed by atoms with van der Waals surface area (Å²) in [5.74, 6) is 1.37. The largest absolute Gasteiger partial charge is 0.358 e. The Morgan fingerprint density at radius 3 is 2.56 bits per heavy atom. The van der Waals surface area contributed by atoms with Crippen molar-refractivity contribution in [3.05, 3.63) is 16.5 Å². The van der Waals surface area contributed by atoms with Crippen LogP contribution in [0.1, 0.15) is 25.2 Å². The topological polar surface area (TPSA) is 58.1 Å². The Kier molecular flexibility index (Phi) is 5.34. The van der Waals surface area contributed by atoms with Crippen molar-refractivity contribution >= 4 is 23.3 Å². The molecule has 6 heteroatoms. The Hall–Kier alpha value is -1.36. The number of aryl methyl sites for hydroxylation is 1. The minimum Gasteiger partial charge on any atom is -0.358 e. The highest BCUT2D eigenvalue weighted by molar-refractivity contribution is 6.30. The van der Waals surface area contributed by atoms with Gasteiger partial charge in [0.2, 0.25) is 5.91 Å². The van der Waals surface area contributed by atoms with Crippen LogP contribution in [0, 0.1) is 6.92 Å². The maximum Gasteiger partial charge on any atom is 0.239 e. The Morgan fingerprint density at radius 2 is 2.06 bits per heavy atom. The molecule has 0 bridgehead atoms. The fourth-order valence-electron chi connectivity index (χ4n) is 1.58. The average Bonchev–Trinajstić information content (AvgIpc) is 2.38. The summed E-state index contributed by atoms with van der Waals surface area (Å²) in [7, 11) is 1.62. The van der Waals surface area contributed by atoms with Crippen LogP contribution in [0.25, 0.3) is 0 Å². The van der Waals surface area contributed by atoms with E-state index in [0.717, 1.165) is 11.4 Å². The first-order valence-electron chi connectivity index (χ1n) is 6.01. The van der Waals surface area contributed by atoms with Gasteiger partial charge in [0.1, 0.15) is 16.8 Å². The number of aromatic nitrogens is 2. The van der Waals surface area contributed by atoms with E-state index in [1.165, 1.54) is 0 Å². The fourth-order valence-corrected chi connectivity index (χ4v) is 1.76. The van der Waals surface area contributed by atoms with Gasteiger partial charge in [0.05, 0.1) is 6.54 Å². The summed E-state index contributed by atoms with van der Waals surface area (Å²) in [6.07, 6.45) is 0.713. The molecule has 1 aromatic heterocycles. The van der Waals surface area contributed by atoms with Crippen molar-refractivity contribution in [1.29, 1.82) is 0 Å². The lowest BCUT2D eigenvalue weighted by atomic mass is 10.3. The highest BCUT2D eigenvalue weighted by Gasteiger charge is 2.16. The van der Waals surface area contributed by atoms with Crippen molar-refractivity contribution in [2.45, 2.75) is 27.2 Å². The summed E-state index contributed by atoms with van der Waals surface area (Å²) in [6, 6.07) is 0. The van der Waals surface area contributed by atoms with E-state index in [2.05, 4.69) is 15.3 Å². The van der Waals surface area contributed by atoms with Crippen molar-refractivity contribution < 1.29 is 4.79 Å². The first-order valence-corrected chi connectivity index (χ1v) is 6.39. The summed E-state index contributed by atoms with van der Waals surface area (Å²) in [5, 5.41) is 3.06. The first kappa shape index (κ1) is 14.7. The Balaban J connectivity index is 3.11. The van der Waals surface area contributed by atoms with Gasteiger partial charge in [-0.3, -0.25) is 4.79 Å². The number of hydrogen-bond acceptors (Lipinski definition) is 4. The molecule has 0 aliphatic heterocycles. The predicted molar refractivity (Wildman–Crippen MR) is 73.1 cm³/mol. The molecule has 0 unspecified atom stereocenters. The van der Waals surface area contributed by atoms with Crippen LogP contribution in [-0.4, -0.2) is 36.0 Å². The molecule has 100 valence electrons. The number of anilines is 1. The van der Waals surface area contributed by atoms with Gasteiger partial charge in [-0.1, -0.05) is 18.5 Å². The van der Waals surface area contributed by atoms with Crippen molar-refractivity contribution in [1.82, 2.24) is 15.3 Å². The van der Waals surface area contributed by atoms with E-state index in [-0.39, 0.29) is 12.5 Å². The lowest BCUT2D eigenvalue weighted by Crippen LogP contribution is -2.36. The molecular weight excluding hydrogens is 252 g/mol. The number of nitrogens with zero attached hydrogens (tertiary/aromatic N) is 3. The molecule has 1 amide bonds. The van der Waals surface area contributed by atoms with E-state index in [9.17, 15) is 4.79 Å². The lowest BCUT2D eigenvalue weighted by Gasteiger charge is -2.23. The lowest BCUT2D eigenvalue weighted by molar-refractivity contribution is -0.119. The van der Waals surface area contributed by atoms with Gasteiger partial charge >= 0.3 is 0 Å². The van der Waals surface area contributed by atoms with Gasteiger partial charge < -0.3 is 10.2 Å². The maximum absolute atomic E-state index is 11.5. The zero-order valence-electron chi connectivity index (χ0n) is 11.2. The zero-order valence-corrected chi connectivity index (χ0v) is 12.0. The molecule has 0 saturated heterocycles. The molecule has 0 saturated carbocycles. The van der Waals surface area contributed by atoms with Crippen LogP contribution in [0.4, 0.5) is 5.82 Å². The molecule has 1 heterocycles. The first-order chi connectivity index (χ1) is 8.53. The van der Waals surface area contributed by atoms with E-state index in [0.29, 0.717) is 23.9 Å². The van der Waals surface area contributed by atoms with E-state index < -0.39 is 0 Å². The fraction of sp³-hybridized carbons (Fsp3) is 0.583. The second kappa shape index (κ2) is 6.54. The molecule has 1 aromatic rings. The molecule has 0 aliphatic carbocycles. The monoisotopic (exact) mass is 270 g/mol. The third-order valence-corrected chi connectivity index (χ3v) is 3.09. The number of nitrogens with one attached hydrogen (secondary N) is 1. The van der Waals surface area contributed by atoms with Crippen LogP contribution in [0.5, 0.6) is 0 Å². The average molecular weight is 271 g/mol. The molecule has 5 nitrogen and oxygen atoms in total. The van der Waals surface area contributed by atoms with Gasteiger partial charge in [-0.2, -0.15) is 0 Å². The Labute approximate surface area is 113 Å². The normalized spacial score (nSPS) is 10.3. The van der Waals surface area contributed by atoms with E-state index in [4.69, 9.17) is 11.6 Å². The number of amides is 1. The molecule has 0 radical (unpaired) electrons. The van der Waals surface area contributed by atoms with Crippen molar-refractivity contribution in [3.63, 3.8) is 0 Å². The third kappa shape index (κ3) is 3.32. The molecule has 0 spiro atoms. The number of carbonyl (C=O) groups is 1. The quantitative estimate of drug-likeness (QED) is 0.826. The van der Waals surface area contributed by atoms with E-state index in [1.807, 2.05) is 25.7 Å². The number of likely N-dealkylation sites (N-methyl/N-ethyl adjacent to an activating group) is 2. The van der Waals surface area contributed by atoms with Crippen LogP contribution in [-0.2, 0) is 11.2 Å². The predicted octanol–water partition coefficient (Wildman–Crippen LogP) is 1.57. The number of carbonyl (C=O) groups excluding carboxylic acids is 1. The van der Waals surface area contributed by atoms with Crippen molar-refractivity contribution in [2.75, 3.05) is 25.0 Å². The van der Waals surface area contributed by atoms with Crippen molar-refractivity contribution in [2.24, 2.45) is 0 Å². The second-order valence-electron chi connectivity index (χ2n) is 3.92. The summed E-state index contributed by atoms with van der Waals surface area (Å²) in [6.45, 7) is 6.77. The smallest absolute Gasteiger partial charge is 0.239 e. The molecule has 18 heavy (non-hydrogen) atoms. The maximum atomic E-state index is 11.5.